The Hall–Kier alpha value is -4.86. The van der Waals surface area contributed by atoms with Crippen LogP contribution < -0.4 is 16.0 Å². The number of aliphatic imine (C=N–C) groups is 1. The molecule has 2 aromatic heterocycles. The number of aromatic nitrogens is 2. The van der Waals surface area contributed by atoms with Gasteiger partial charge in [-0.2, -0.15) is 5.26 Å². The fourth-order valence-corrected chi connectivity index (χ4v) is 5.37. The Morgan fingerprint density at radius 2 is 2.10 bits per heavy atom. The number of hydrogen-bond acceptors (Lipinski definition) is 7. The quantitative estimate of drug-likeness (QED) is 0.147. The van der Waals surface area contributed by atoms with E-state index in [9.17, 15) is 19.6 Å². The lowest BCUT2D eigenvalue weighted by Gasteiger charge is -2.29. The Balaban J connectivity index is 1.23. The van der Waals surface area contributed by atoms with E-state index in [2.05, 4.69) is 30.9 Å². The molecule has 5 rings (SSSR count). The minimum atomic E-state index is -0.739. The summed E-state index contributed by atoms with van der Waals surface area (Å²) in [7, 11) is 0. The van der Waals surface area contributed by atoms with Crippen molar-refractivity contribution in [3.63, 3.8) is 0 Å². The number of carbonyl (C=O) groups excluding carboxylic acids is 3. The molecule has 2 saturated heterocycles. The molecule has 2 atom stereocenters. The number of likely N-dealkylation sites (tertiary alicyclic amines) is 2. The van der Waals surface area contributed by atoms with Gasteiger partial charge in [0.1, 0.15) is 23.1 Å². The van der Waals surface area contributed by atoms with Gasteiger partial charge in [-0.05, 0) is 63.3 Å². The molecule has 0 saturated carbocycles. The summed E-state index contributed by atoms with van der Waals surface area (Å²) in [6.45, 7) is 3.17. The Morgan fingerprint density at radius 1 is 1.22 bits per heavy atom. The van der Waals surface area contributed by atoms with Crippen molar-refractivity contribution in [3.8, 4) is 6.19 Å². The van der Waals surface area contributed by atoms with Crippen LogP contribution in [0.5, 0.6) is 0 Å². The molecule has 0 unspecified atom stereocenters. The van der Waals surface area contributed by atoms with Crippen molar-refractivity contribution in [3.05, 3.63) is 48.2 Å². The minimum Gasteiger partial charge on any atom is -0.461 e. The fourth-order valence-electron chi connectivity index (χ4n) is 5.37. The number of guanidine groups is 1. The molecule has 41 heavy (non-hydrogen) atoms. The third-order valence-electron chi connectivity index (χ3n) is 7.38. The largest absolute Gasteiger partial charge is 0.461 e. The van der Waals surface area contributed by atoms with Crippen molar-refractivity contribution in [1.29, 1.82) is 5.26 Å². The van der Waals surface area contributed by atoms with Gasteiger partial charge in [0.25, 0.3) is 5.91 Å². The maximum absolute atomic E-state index is 13.5. The van der Waals surface area contributed by atoms with Gasteiger partial charge in [-0.3, -0.25) is 19.7 Å². The van der Waals surface area contributed by atoms with Crippen LogP contribution in [-0.4, -0.2) is 81.7 Å². The van der Waals surface area contributed by atoms with Gasteiger partial charge in [-0.15, -0.1) is 0 Å². The lowest BCUT2D eigenvalue weighted by atomic mass is 10.1. The number of amides is 3. The number of anilines is 1. The molecule has 0 bridgehead atoms. The highest BCUT2D eigenvalue weighted by Crippen LogP contribution is 2.23. The molecular formula is C28H33N9O4. The van der Waals surface area contributed by atoms with E-state index in [1.807, 2.05) is 37.4 Å². The van der Waals surface area contributed by atoms with E-state index >= 15 is 0 Å². The van der Waals surface area contributed by atoms with Crippen molar-refractivity contribution >= 4 is 40.3 Å². The number of nitrogens with one attached hydrogen (secondary N) is 4. The van der Waals surface area contributed by atoms with Crippen molar-refractivity contribution in [2.24, 2.45) is 4.99 Å². The molecule has 4 N–H and O–H groups in total. The number of fused-ring (bicyclic) bond motifs is 1. The molecule has 1 aromatic carbocycles. The van der Waals surface area contributed by atoms with E-state index < -0.39 is 6.04 Å². The SMILES string of the molecule is Cc1cc2cc(NC(=N[C@H]3CCCCN(CC(=O)N4CCC[C@@H]4CNC(=O)c4cnc[nH]4)C3=O)NC#N)ccc2o1. The third kappa shape index (κ3) is 6.66. The number of nitriles is 1. The topological polar surface area (TPSA) is 172 Å². The first kappa shape index (κ1) is 27.7. The van der Waals surface area contributed by atoms with Gasteiger partial charge < -0.3 is 29.8 Å². The molecule has 13 nitrogen and oxygen atoms in total. The summed E-state index contributed by atoms with van der Waals surface area (Å²) in [5, 5.41) is 18.7. The predicted octanol–water partition coefficient (Wildman–Crippen LogP) is 2.11. The molecule has 214 valence electrons. The number of aryl methyl sites for hydroxylation is 1. The van der Waals surface area contributed by atoms with Crippen LogP contribution >= 0.6 is 0 Å². The molecule has 2 aliphatic rings. The minimum absolute atomic E-state index is 0.0548. The zero-order valence-electron chi connectivity index (χ0n) is 22.9. The molecule has 3 amide bonds. The van der Waals surface area contributed by atoms with E-state index in [-0.39, 0.29) is 36.3 Å². The Kier molecular flexibility index (Phi) is 8.47. The van der Waals surface area contributed by atoms with Gasteiger partial charge in [-0.25, -0.2) is 9.98 Å². The van der Waals surface area contributed by atoms with Crippen molar-refractivity contribution in [2.45, 2.75) is 51.1 Å². The molecular weight excluding hydrogens is 526 g/mol. The van der Waals surface area contributed by atoms with Crippen LogP contribution in [0.3, 0.4) is 0 Å². The van der Waals surface area contributed by atoms with Gasteiger partial charge in [-0.1, -0.05) is 0 Å². The number of carbonyl (C=O) groups is 3. The number of hydrogen-bond donors (Lipinski definition) is 4. The number of H-pyrrole nitrogens is 1. The van der Waals surface area contributed by atoms with Crippen molar-refractivity contribution in [2.75, 3.05) is 31.5 Å². The average molecular weight is 560 g/mol. The van der Waals surface area contributed by atoms with Gasteiger partial charge in [0.2, 0.25) is 17.8 Å². The van der Waals surface area contributed by atoms with Crippen LogP contribution in [-0.2, 0) is 9.59 Å². The van der Waals surface area contributed by atoms with Crippen LogP contribution in [0.4, 0.5) is 5.69 Å². The molecule has 0 spiro atoms. The van der Waals surface area contributed by atoms with E-state index in [0.717, 1.165) is 42.4 Å². The molecule has 0 radical (unpaired) electrons. The normalized spacial score (nSPS) is 19.6. The average Bonchev–Trinajstić information content (AvgIpc) is 3.71. The number of nitrogens with zero attached hydrogens (tertiary/aromatic N) is 5. The number of rotatable bonds is 7. The first-order valence-corrected chi connectivity index (χ1v) is 13.8. The third-order valence-corrected chi connectivity index (χ3v) is 7.38. The predicted molar refractivity (Wildman–Crippen MR) is 151 cm³/mol. The smallest absolute Gasteiger partial charge is 0.269 e. The summed E-state index contributed by atoms with van der Waals surface area (Å²) in [6, 6.07) is 6.55. The zero-order chi connectivity index (χ0) is 28.8. The zero-order valence-corrected chi connectivity index (χ0v) is 22.9. The molecule has 13 heteroatoms. The van der Waals surface area contributed by atoms with Gasteiger partial charge in [0.15, 0.2) is 6.19 Å². The van der Waals surface area contributed by atoms with Crippen LogP contribution in [0.25, 0.3) is 11.0 Å². The lowest BCUT2D eigenvalue weighted by molar-refractivity contribution is -0.141. The maximum atomic E-state index is 13.5. The molecule has 2 aliphatic heterocycles. The molecule has 2 fully saturated rings. The maximum Gasteiger partial charge on any atom is 0.269 e. The van der Waals surface area contributed by atoms with Crippen LogP contribution in [0.15, 0.2) is 46.2 Å². The second kappa shape index (κ2) is 12.5. The van der Waals surface area contributed by atoms with E-state index in [1.165, 1.54) is 12.5 Å². The number of imidazole rings is 1. The summed E-state index contributed by atoms with van der Waals surface area (Å²) >= 11 is 0. The van der Waals surface area contributed by atoms with Gasteiger partial charge in [0, 0.05) is 36.7 Å². The van der Waals surface area contributed by atoms with Gasteiger partial charge >= 0.3 is 0 Å². The summed E-state index contributed by atoms with van der Waals surface area (Å²) in [5.74, 6) is 0.267. The summed E-state index contributed by atoms with van der Waals surface area (Å²) in [4.78, 5) is 53.7. The molecule has 4 heterocycles. The first-order valence-electron chi connectivity index (χ1n) is 13.8. The van der Waals surface area contributed by atoms with E-state index in [0.29, 0.717) is 37.4 Å². The highest BCUT2D eigenvalue weighted by atomic mass is 16.3. The molecule has 3 aromatic rings. The fraction of sp³-hybridized carbons (Fsp3) is 0.429. The van der Waals surface area contributed by atoms with Crippen molar-refractivity contribution < 1.29 is 18.8 Å². The first-order chi connectivity index (χ1) is 19.9. The highest BCUT2D eigenvalue weighted by Gasteiger charge is 2.33. The highest BCUT2D eigenvalue weighted by molar-refractivity contribution is 5.98. The second-order valence-corrected chi connectivity index (χ2v) is 10.3. The Labute approximate surface area is 237 Å². The molecule has 0 aliphatic carbocycles. The summed E-state index contributed by atoms with van der Waals surface area (Å²) in [6.07, 6.45) is 8.38. The van der Waals surface area contributed by atoms with E-state index in [1.54, 1.807) is 9.80 Å². The van der Waals surface area contributed by atoms with Gasteiger partial charge in [0.05, 0.1) is 19.1 Å². The number of benzene rings is 1. The van der Waals surface area contributed by atoms with Crippen LogP contribution in [0.2, 0.25) is 0 Å². The van der Waals surface area contributed by atoms with Crippen molar-refractivity contribution in [1.82, 2.24) is 30.4 Å². The number of aromatic amines is 1. The summed E-state index contributed by atoms with van der Waals surface area (Å²) in [5.41, 5.74) is 1.80. The Bertz CT molecular complexity index is 1470. The monoisotopic (exact) mass is 559 g/mol. The van der Waals surface area contributed by atoms with Crippen LogP contribution in [0, 0.1) is 18.4 Å². The summed E-state index contributed by atoms with van der Waals surface area (Å²) < 4.78 is 5.62. The lowest BCUT2D eigenvalue weighted by Crippen LogP contribution is -2.49. The number of furan rings is 1. The van der Waals surface area contributed by atoms with E-state index in [4.69, 9.17) is 4.42 Å². The van der Waals surface area contributed by atoms with Crippen LogP contribution in [0.1, 0.15) is 48.4 Å². The standard InChI is InChI=1S/C28H33N9O4/c1-18-11-19-12-20(7-8-24(19)41-18)34-28(32-16-29)35-22-6-2-3-9-36(27(22)40)15-25(38)37-10-4-5-21(37)13-31-26(39)23-14-30-17-33-23/h7-8,11-12,14,17,21-22H,2-6,9-10,13,15H2,1H3,(H,30,33)(H,31,39)(H2,32,34,35)/t21-,22+/m1/s1. The Morgan fingerprint density at radius 3 is 2.90 bits per heavy atom. The second-order valence-electron chi connectivity index (χ2n) is 10.3.